The zero-order valence-electron chi connectivity index (χ0n) is 19.4. The normalized spacial score (nSPS) is 18.2. The average Bonchev–Trinajstić information content (AvgIpc) is 3.25. The Morgan fingerprint density at radius 3 is 2.77 bits per heavy atom. The van der Waals surface area contributed by atoms with E-state index in [1.54, 1.807) is 22.9 Å². The minimum Gasteiger partial charge on any atom is -0.508 e. The average molecular weight is 511 g/mol. The molecule has 0 radical (unpaired) electrons. The quantitative estimate of drug-likeness (QED) is 0.306. The fourth-order valence-corrected chi connectivity index (χ4v) is 5.73. The fraction of sp³-hybridized carbons (Fsp3) is 0.346. The summed E-state index contributed by atoms with van der Waals surface area (Å²) in [7, 11) is 0. The Morgan fingerprint density at radius 2 is 2.00 bits per heavy atom. The highest BCUT2D eigenvalue weighted by molar-refractivity contribution is 7.98. The second-order valence-electron chi connectivity index (χ2n) is 8.87. The standard InChI is InChI=1S/C26H27ClN4O3S/c1-16-22(24(33)34-20-11-3-2-4-12-20)23(17-9-7-10-19(32)14-17)31-25(28-16)29-26(30-31)35-15-18-8-5-6-13-21(18)27/h5-10,13-14,20,23,32H,2-4,11-12,15H2,1H3,(H,28,29,30). The van der Waals surface area contributed by atoms with Crippen molar-refractivity contribution in [3.8, 4) is 5.75 Å². The Bertz CT molecular complexity index is 1270. The number of aromatic hydroxyl groups is 1. The molecule has 9 heteroatoms. The van der Waals surface area contributed by atoms with Crippen LogP contribution in [0.15, 0.2) is 65.0 Å². The number of hydrogen-bond acceptors (Lipinski definition) is 7. The summed E-state index contributed by atoms with van der Waals surface area (Å²) in [6.07, 6.45) is 5.03. The molecule has 1 saturated carbocycles. The molecular formula is C26H27ClN4O3S. The van der Waals surface area contributed by atoms with Crippen LogP contribution in [0.2, 0.25) is 5.02 Å². The molecule has 1 aliphatic carbocycles. The summed E-state index contributed by atoms with van der Waals surface area (Å²) in [4.78, 5) is 18.1. The molecule has 1 aromatic heterocycles. The SMILES string of the molecule is CC1=C(C(=O)OC2CCCCC2)C(c2cccc(O)c2)n2nc(SCc3ccccc3Cl)nc2N1. The van der Waals surface area contributed by atoms with Gasteiger partial charge < -0.3 is 15.2 Å². The fourth-order valence-electron chi connectivity index (χ4n) is 4.62. The third-order valence-corrected chi connectivity index (χ3v) is 7.63. The summed E-state index contributed by atoms with van der Waals surface area (Å²) in [6.45, 7) is 1.85. The Labute approximate surface area is 213 Å². The van der Waals surface area contributed by atoms with Crippen LogP contribution in [0.4, 0.5) is 5.95 Å². The molecule has 1 atom stereocenters. The van der Waals surface area contributed by atoms with E-state index in [9.17, 15) is 9.90 Å². The van der Waals surface area contributed by atoms with Crippen LogP contribution < -0.4 is 5.32 Å². The smallest absolute Gasteiger partial charge is 0.338 e. The molecule has 182 valence electrons. The van der Waals surface area contributed by atoms with Gasteiger partial charge in [-0.3, -0.25) is 0 Å². The highest BCUT2D eigenvalue weighted by Crippen LogP contribution is 2.38. The van der Waals surface area contributed by atoms with Gasteiger partial charge in [-0.15, -0.1) is 5.10 Å². The van der Waals surface area contributed by atoms with Gasteiger partial charge in [0.1, 0.15) is 17.9 Å². The number of hydrogen-bond donors (Lipinski definition) is 2. The lowest BCUT2D eigenvalue weighted by molar-refractivity contribution is -0.146. The first kappa shape index (κ1) is 23.8. The van der Waals surface area contributed by atoms with Crippen LogP contribution in [0.5, 0.6) is 5.75 Å². The molecule has 5 rings (SSSR count). The molecule has 2 heterocycles. The summed E-state index contributed by atoms with van der Waals surface area (Å²) in [5, 5.41) is 19.4. The highest BCUT2D eigenvalue weighted by atomic mass is 35.5. The summed E-state index contributed by atoms with van der Waals surface area (Å²) in [5.41, 5.74) is 2.87. The number of thioether (sulfide) groups is 1. The number of ether oxygens (including phenoxy) is 1. The molecule has 2 N–H and O–H groups in total. The number of rotatable bonds is 6. The van der Waals surface area contributed by atoms with Crippen LogP contribution in [0.3, 0.4) is 0 Å². The molecule has 35 heavy (non-hydrogen) atoms. The van der Waals surface area contributed by atoms with Gasteiger partial charge in [-0.05, 0) is 61.9 Å². The van der Waals surface area contributed by atoms with Crippen molar-refractivity contribution in [2.45, 2.75) is 62.1 Å². The molecule has 0 bridgehead atoms. The van der Waals surface area contributed by atoms with Gasteiger partial charge >= 0.3 is 5.97 Å². The topological polar surface area (TPSA) is 89.3 Å². The maximum atomic E-state index is 13.4. The number of nitrogens with one attached hydrogen (secondary N) is 1. The minimum absolute atomic E-state index is 0.0692. The summed E-state index contributed by atoms with van der Waals surface area (Å²) < 4.78 is 7.65. The molecular weight excluding hydrogens is 484 g/mol. The number of halogens is 1. The summed E-state index contributed by atoms with van der Waals surface area (Å²) in [6, 6.07) is 14.0. The second-order valence-corrected chi connectivity index (χ2v) is 10.2. The Balaban J connectivity index is 1.46. The predicted octanol–water partition coefficient (Wildman–Crippen LogP) is 6.09. The summed E-state index contributed by atoms with van der Waals surface area (Å²) >= 11 is 7.78. The molecule has 3 aromatic rings. The molecule has 1 unspecified atom stereocenters. The van der Waals surface area contributed by atoms with Gasteiger partial charge in [0.05, 0.1) is 5.57 Å². The number of fused-ring (bicyclic) bond motifs is 1. The van der Waals surface area contributed by atoms with Crippen molar-refractivity contribution in [3.63, 3.8) is 0 Å². The van der Waals surface area contributed by atoms with E-state index in [2.05, 4.69) is 10.3 Å². The van der Waals surface area contributed by atoms with Crippen molar-refractivity contribution >= 4 is 35.3 Å². The van der Waals surface area contributed by atoms with Crippen LogP contribution in [0.1, 0.15) is 56.2 Å². The van der Waals surface area contributed by atoms with Gasteiger partial charge in [0.15, 0.2) is 0 Å². The molecule has 2 aliphatic rings. The monoisotopic (exact) mass is 510 g/mol. The van der Waals surface area contributed by atoms with E-state index < -0.39 is 6.04 Å². The lowest BCUT2D eigenvalue weighted by atomic mass is 9.94. The highest BCUT2D eigenvalue weighted by Gasteiger charge is 2.36. The van der Waals surface area contributed by atoms with E-state index in [-0.39, 0.29) is 17.8 Å². The number of carbonyl (C=O) groups is 1. The first-order valence-corrected chi connectivity index (χ1v) is 13.2. The van der Waals surface area contributed by atoms with Gasteiger partial charge in [0.2, 0.25) is 11.1 Å². The predicted molar refractivity (Wildman–Crippen MR) is 137 cm³/mol. The second kappa shape index (κ2) is 10.3. The lowest BCUT2D eigenvalue weighted by Gasteiger charge is -2.30. The first-order valence-electron chi connectivity index (χ1n) is 11.8. The van der Waals surface area contributed by atoms with Gasteiger partial charge in [0.25, 0.3) is 0 Å². The van der Waals surface area contributed by atoms with E-state index in [4.69, 9.17) is 21.4 Å². The van der Waals surface area contributed by atoms with Gasteiger partial charge in [-0.2, -0.15) is 4.98 Å². The molecule has 7 nitrogen and oxygen atoms in total. The van der Waals surface area contributed by atoms with Crippen molar-refractivity contribution in [2.75, 3.05) is 5.32 Å². The number of aromatic nitrogens is 3. The molecule has 0 saturated heterocycles. The zero-order chi connectivity index (χ0) is 24.4. The zero-order valence-corrected chi connectivity index (χ0v) is 21.0. The Kier molecular flexibility index (Phi) is 7.02. The molecule has 2 aromatic carbocycles. The van der Waals surface area contributed by atoms with Crippen LogP contribution in [0.25, 0.3) is 0 Å². The van der Waals surface area contributed by atoms with Crippen molar-refractivity contribution < 1.29 is 14.6 Å². The number of anilines is 1. The van der Waals surface area contributed by atoms with E-state index in [1.807, 2.05) is 37.3 Å². The lowest BCUT2D eigenvalue weighted by Crippen LogP contribution is -2.32. The third kappa shape index (κ3) is 5.18. The molecule has 0 amide bonds. The van der Waals surface area contributed by atoms with Crippen LogP contribution in [0, 0.1) is 0 Å². The maximum absolute atomic E-state index is 13.4. The number of nitrogens with zero attached hydrogens (tertiary/aromatic N) is 3. The van der Waals surface area contributed by atoms with E-state index >= 15 is 0 Å². The molecule has 1 fully saturated rings. The third-order valence-electron chi connectivity index (χ3n) is 6.38. The van der Waals surface area contributed by atoms with Gasteiger partial charge in [0, 0.05) is 16.5 Å². The van der Waals surface area contributed by atoms with Crippen LogP contribution in [-0.2, 0) is 15.3 Å². The van der Waals surface area contributed by atoms with Crippen molar-refractivity contribution in [3.05, 3.63) is 76.0 Å². The van der Waals surface area contributed by atoms with Gasteiger partial charge in [-0.25, -0.2) is 9.48 Å². The number of esters is 1. The largest absolute Gasteiger partial charge is 0.508 e. The van der Waals surface area contributed by atoms with E-state index in [0.717, 1.165) is 36.8 Å². The number of allylic oxidation sites excluding steroid dienone is 1. The number of benzene rings is 2. The minimum atomic E-state index is -0.573. The van der Waals surface area contributed by atoms with Crippen molar-refractivity contribution in [2.24, 2.45) is 0 Å². The number of phenols is 1. The van der Waals surface area contributed by atoms with Crippen molar-refractivity contribution in [1.82, 2.24) is 14.8 Å². The van der Waals surface area contributed by atoms with E-state index in [0.29, 0.717) is 33.2 Å². The van der Waals surface area contributed by atoms with Gasteiger partial charge in [-0.1, -0.05) is 60.1 Å². The number of carbonyl (C=O) groups excluding carboxylic acids is 1. The van der Waals surface area contributed by atoms with Crippen LogP contribution in [-0.4, -0.2) is 31.9 Å². The molecule has 1 aliphatic heterocycles. The van der Waals surface area contributed by atoms with Crippen LogP contribution >= 0.6 is 23.4 Å². The maximum Gasteiger partial charge on any atom is 0.338 e. The Morgan fingerprint density at radius 1 is 1.20 bits per heavy atom. The number of phenolic OH excluding ortho intramolecular Hbond substituents is 1. The summed E-state index contributed by atoms with van der Waals surface area (Å²) in [5.74, 6) is 0.908. The van der Waals surface area contributed by atoms with E-state index in [1.165, 1.54) is 18.2 Å². The Hall–Kier alpha value is -2.97. The van der Waals surface area contributed by atoms with Crippen molar-refractivity contribution in [1.29, 1.82) is 0 Å². The first-order chi connectivity index (χ1) is 17.0. The molecule has 0 spiro atoms.